The minimum atomic E-state index is -0.470. The van der Waals surface area contributed by atoms with E-state index in [1.807, 2.05) is 0 Å². The van der Waals surface area contributed by atoms with Crippen LogP contribution in [0.15, 0.2) is 17.1 Å². The number of ether oxygens (including phenoxy) is 1. The summed E-state index contributed by atoms with van der Waals surface area (Å²) in [5.41, 5.74) is 0.331. The van der Waals surface area contributed by atoms with Crippen LogP contribution in [0.5, 0.6) is 11.5 Å². The van der Waals surface area contributed by atoms with Crippen LogP contribution in [-0.4, -0.2) is 24.3 Å². The van der Waals surface area contributed by atoms with E-state index >= 15 is 0 Å². The van der Waals surface area contributed by atoms with Crippen molar-refractivity contribution in [1.29, 1.82) is 0 Å². The van der Waals surface area contributed by atoms with Crippen LogP contribution < -0.4 is 4.74 Å². The monoisotopic (exact) mass is 227 g/mol. The summed E-state index contributed by atoms with van der Waals surface area (Å²) >= 11 is 5.91. The van der Waals surface area contributed by atoms with Crippen molar-refractivity contribution < 1.29 is 14.6 Å². The van der Waals surface area contributed by atoms with Crippen LogP contribution in [0, 0.1) is 0 Å². The van der Waals surface area contributed by atoms with E-state index in [4.69, 9.17) is 16.3 Å². The van der Waals surface area contributed by atoms with E-state index in [2.05, 4.69) is 4.99 Å². The number of phenolic OH excluding ortho intramolecular Hbond substituents is 1. The second-order valence-corrected chi connectivity index (χ2v) is 3.17. The third kappa shape index (κ3) is 2.70. The number of carbonyl (C=O) groups excluding carboxylic acids is 1. The first-order chi connectivity index (χ1) is 7.06. The van der Waals surface area contributed by atoms with E-state index < -0.39 is 5.97 Å². The van der Waals surface area contributed by atoms with Gasteiger partial charge in [-0.2, -0.15) is 0 Å². The zero-order valence-electron chi connectivity index (χ0n) is 8.32. The van der Waals surface area contributed by atoms with E-state index in [9.17, 15) is 9.90 Å². The standard InChI is InChI=1S/C10H10ClNO3/c1-6(13)15-9-4-3-8(14)7(5-12-2)10(9)11/h3-5,14H,1-2H3/b12-5+. The summed E-state index contributed by atoms with van der Waals surface area (Å²) in [4.78, 5) is 14.5. The molecule has 0 saturated carbocycles. The molecular formula is C10H10ClNO3. The lowest BCUT2D eigenvalue weighted by atomic mass is 10.2. The average Bonchev–Trinajstić information content (AvgIpc) is 2.16. The van der Waals surface area contributed by atoms with Gasteiger partial charge in [0.2, 0.25) is 0 Å². The number of hydrogen-bond acceptors (Lipinski definition) is 4. The van der Waals surface area contributed by atoms with E-state index in [-0.39, 0.29) is 16.5 Å². The van der Waals surface area contributed by atoms with Gasteiger partial charge in [0, 0.05) is 20.2 Å². The van der Waals surface area contributed by atoms with Crippen LogP contribution in [0.4, 0.5) is 0 Å². The molecule has 0 saturated heterocycles. The Labute approximate surface area is 92.2 Å². The lowest BCUT2D eigenvalue weighted by Crippen LogP contribution is -2.02. The predicted molar refractivity (Wildman–Crippen MR) is 57.9 cm³/mol. The number of aliphatic imine (C=N–C) groups is 1. The first-order valence-corrected chi connectivity index (χ1v) is 4.56. The fourth-order valence-electron chi connectivity index (χ4n) is 1.05. The molecule has 0 heterocycles. The molecule has 0 amide bonds. The minimum Gasteiger partial charge on any atom is -0.507 e. The van der Waals surface area contributed by atoms with E-state index in [0.717, 1.165) is 0 Å². The molecule has 0 aliphatic rings. The lowest BCUT2D eigenvalue weighted by molar-refractivity contribution is -0.131. The largest absolute Gasteiger partial charge is 0.507 e. The van der Waals surface area contributed by atoms with Gasteiger partial charge in [-0.05, 0) is 12.1 Å². The third-order valence-electron chi connectivity index (χ3n) is 1.63. The van der Waals surface area contributed by atoms with Gasteiger partial charge < -0.3 is 9.84 Å². The summed E-state index contributed by atoms with van der Waals surface area (Å²) < 4.78 is 4.84. The van der Waals surface area contributed by atoms with Crippen molar-refractivity contribution in [2.75, 3.05) is 7.05 Å². The summed E-state index contributed by atoms with van der Waals surface area (Å²) in [5, 5.41) is 9.63. The van der Waals surface area contributed by atoms with Gasteiger partial charge in [0.05, 0.1) is 10.6 Å². The molecule has 0 fully saturated rings. The molecule has 1 aromatic rings. The second kappa shape index (κ2) is 4.79. The SMILES string of the molecule is C/N=C/c1c(O)ccc(OC(C)=O)c1Cl. The van der Waals surface area contributed by atoms with Crippen molar-refractivity contribution in [3.8, 4) is 11.5 Å². The molecule has 0 spiro atoms. The number of carbonyl (C=O) groups is 1. The molecule has 15 heavy (non-hydrogen) atoms. The average molecular weight is 228 g/mol. The molecule has 1 rings (SSSR count). The molecule has 1 N–H and O–H groups in total. The Hall–Kier alpha value is -1.55. The lowest BCUT2D eigenvalue weighted by Gasteiger charge is -2.07. The molecule has 80 valence electrons. The zero-order chi connectivity index (χ0) is 11.4. The molecule has 0 unspecified atom stereocenters. The summed E-state index contributed by atoms with van der Waals surface area (Å²) in [5.74, 6) is -0.277. The quantitative estimate of drug-likeness (QED) is 0.478. The molecule has 4 nitrogen and oxygen atoms in total. The number of halogens is 1. The van der Waals surface area contributed by atoms with E-state index in [0.29, 0.717) is 5.56 Å². The number of aromatic hydroxyl groups is 1. The molecule has 0 bridgehead atoms. The van der Waals surface area contributed by atoms with Crippen molar-refractivity contribution in [3.05, 3.63) is 22.7 Å². The highest BCUT2D eigenvalue weighted by atomic mass is 35.5. The molecule has 0 aliphatic heterocycles. The van der Waals surface area contributed by atoms with Crippen molar-refractivity contribution in [3.63, 3.8) is 0 Å². The Bertz CT molecular complexity index is 415. The molecular weight excluding hydrogens is 218 g/mol. The third-order valence-corrected chi connectivity index (χ3v) is 2.02. The molecule has 1 aromatic carbocycles. The van der Waals surface area contributed by atoms with Crippen LogP contribution in [0.2, 0.25) is 5.02 Å². The maximum atomic E-state index is 10.7. The maximum Gasteiger partial charge on any atom is 0.308 e. The Morgan fingerprint density at radius 2 is 2.27 bits per heavy atom. The first kappa shape index (κ1) is 11.5. The van der Waals surface area contributed by atoms with Crippen LogP contribution in [-0.2, 0) is 4.79 Å². The molecule has 0 atom stereocenters. The Morgan fingerprint density at radius 1 is 1.60 bits per heavy atom. The Balaban J connectivity index is 3.21. The van der Waals surface area contributed by atoms with Crippen LogP contribution in [0.1, 0.15) is 12.5 Å². The Morgan fingerprint density at radius 3 is 2.80 bits per heavy atom. The molecule has 0 radical (unpaired) electrons. The van der Waals surface area contributed by atoms with Crippen LogP contribution >= 0.6 is 11.6 Å². The highest BCUT2D eigenvalue weighted by molar-refractivity contribution is 6.35. The van der Waals surface area contributed by atoms with Gasteiger partial charge in [0.25, 0.3) is 0 Å². The van der Waals surface area contributed by atoms with Gasteiger partial charge in [-0.15, -0.1) is 0 Å². The smallest absolute Gasteiger partial charge is 0.308 e. The fraction of sp³-hybridized carbons (Fsp3) is 0.200. The second-order valence-electron chi connectivity index (χ2n) is 2.79. The first-order valence-electron chi connectivity index (χ1n) is 4.18. The van der Waals surface area contributed by atoms with Gasteiger partial charge in [0.1, 0.15) is 11.5 Å². The Kier molecular flexibility index (Phi) is 3.68. The number of nitrogens with zero attached hydrogens (tertiary/aromatic N) is 1. The molecule has 5 heteroatoms. The zero-order valence-corrected chi connectivity index (χ0v) is 9.08. The number of phenols is 1. The van der Waals surface area contributed by atoms with Crippen molar-refractivity contribution in [2.24, 2.45) is 4.99 Å². The highest BCUT2D eigenvalue weighted by Gasteiger charge is 2.11. The minimum absolute atomic E-state index is 0.0125. The van der Waals surface area contributed by atoms with Crippen molar-refractivity contribution in [2.45, 2.75) is 6.92 Å². The van der Waals surface area contributed by atoms with Gasteiger partial charge in [-0.3, -0.25) is 9.79 Å². The van der Waals surface area contributed by atoms with E-state index in [1.165, 1.54) is 25.3 Å². The number of rotatable bonds is 2. The van der Waals surface area contributed by atoms with Gasteiger partial charge in [-0.1, -0.05) is 11.6 Å². The number of benzene rings is 1. The van der Waals surface area contributed by atoms with Crippen LogP contribution in [0.25, 0.3) is 0 Å². The summed E-state index contributed by atoms with van der Waals surface area (Å²) in [6, 6.07) is 2.81. The highest BCUT2D eigenvalue weighted by Crippen LogP contribution is 2.33. The normalized spacial score (nSPS) is 10.6. The maximum absolute atomic E-state index is 10.7. The number of esters is 1. The van der Waals surface area contributed by atoms with Crippen molar-refractivity contribution in [1.82, 2.24) is 0 Å². The fourth-order valence-corrected chi connectivity index (χ4v) is 1.30. The molecule has 0 aromatic heterocycles. The summed E-state index contributed by atoms with van der Waals surface area (Å²) in [6.45, 7) is 1.27. The van der Waals surface area contributed by atoms with Gasteiger partial charge in [-0.25, -0.2) is 0 Å². The van der Waals surface area contributed by atoms with Crippen LogP contribution in [0.3, 0.4) is 0 Å². The van der Waals surface area contributed by atoms with Gasteiger partial charge in [0.15, 0.2) is 0 Å². The van der Waals surface area contributed by atoms with Crippen molar-refractivity contribution >= 4 is 23.8 Å². The van der Waals surface area contributed by atoms with E-state index in [1.54, 1.807) is 7.05 Å². The van der Waals surface area contributed by atoms with Gasteiger partial charge >= 0.3 is 5.97 Å². The molecule has 0 aliphatic carbocycles. The topological polar surface area (TPSA) is 58.9 Å². The predicted octanol–water partition coefficient (Wildman–Crippen LogP) is 2.02. The summed E-state index contributed by atoms with van der Waals surface area (Å²) in [6.07, 6.45) is 1.39. The number of hydrogen-bond donors (Lipinski definition) is 1. The summed E-state index contributed by atoms with van der Waals surface area (Å²) in [7, 11) is 1.55.